The molecule has 1 aliphatic rings. The standard InChI is InChI=1S/C12H21BrN4/c1-16-12(11(13)8-15-16)9-17-7-3-2-4-10(17)5-6-14/h8,10H,2-7,9,14H2,1H3. The Morgan fingerprint density at radius 2 is 2.35 bits per heavy atom. The number of hydrogen-bond acceptors (Lipinski definition) is 3. The number of nitrogens with zero attached hydrogens (tertiary/aromatic N) is 3. The molecule has 1 aromatic rings. The Balaban J connectivity index is 2.05. The lowest BCUT2D eigenvalue weighted by Gasteiger charge is -2.35. The van der Waals surface area contributed by atoms with E-state index in [1.165, 1.54) is 31.5 Å². The fourth-order valence-electron chi connectivity index (χ4n) is 2.59. The molecule has 96 valence electrons. The van der Waals surface area contributed by atoms with E-state index in [4.69, 9.17) is 5.73 Å². The van der Waals surface area contributed by atoms with Crippen LogP contribution in [0.25, 0.3) is 0 Å². The second kappa shape index (κ2) is 5.98. The fourth-order valence-corrected chi connectivity index (χ4v) is 3.07. The first-order chi connectivity index (χ1) is 8.22. The first-order valence-corrected chi connectivity index (χ1v) is 7.12. The number of aromatic nitrogens is 2. The smallest absolute Gasteiger partial charge is 0.0663 e. The largest absolute Gasteiger partial charge is 0.330 e. The summed E-state index contributed by atoms with van der Waals surface area (Å²) < 4.78 is 3.06. The maximum absolute atomic E-state index is 5.70. The SMILES string of the molecule is Cn1ncc(Br)c1CN1CCCCC1CCN. The van der Waals surface area contributed by atoms with Crippen LogP contribution in [-0.2, 0) is 13.6 Å². The summed E-state index contributed by atoms with van der Waals surface area (Å²) in [4.78, 5) is 2.55. The van der Waals surface area contributed by atoms with Crippen LogP contribution in [-0.4, -0.2) is 33.8 Å². The topological polar surface area (TPSA) is 47.1 Å². The van der Waals surface area contributed by atoms with Crippen molar-refractivity contribution in [3.05, 3.63) is 16.4 Å². The minimum atomic E-state index is 0.649. The Hall–Kier alpha value is -0.390. The second-order valence-corrected chi connectivity index (χ2v) is 5.61. The zero-order valence-corrected chi connectivity index (χ0v) is 12.0. The molecule has 5 heteroatoms. The monoisotopic (exact) mass is 300 g/mol. The van der Waals surface area contributed by atoms with E-state index < -0.39 is 0 Å². The maximum atomic E-state index is 5.70. The molecule has 4 nitrogen and oxygen atoms in total. The zero-order chi connectivity index (χ0) is 12.3. The van der Waals surface area contributed by atoms with Crippen molar-refractivity contribution >= 4 is 15.9 Å². The van der Waals surface area contributed by atoms with Gasteiger partial charge in [-0.1, -0.05) is 6.42 Å². The molecule has 0 amide bonds. The van der Waals surface area contributed by atoms with Gasteiger partial charge < -0.3 is 5.73 Å². The van der Waals surface area contributed by atoms with Crippen LogP contribution < -0.4 is 5.73 Å². The molecule has 1 unspecified atom stereocenters. The third kappa shape index (κ3) is 3.09. The maximum Gasteiger partial charge on any atom is 0.0663 e. The number of likely N-dealkylation sites (tertiary alicyclic amines) is 1. The Morgan fingerprint density at radius 3 is 3.00 bits per heavy atom. The van der Waals surface area contributed by atoms with E-state index in [-0.39, 0.29) is 0 Å². The van der Waals surface area contributed by atoms with Gasteiger partial charge in [0.1, 0.15) is 0 Å². The average Bonchev–Trinajstić information content (AvgIpc) is 2.64. The predicted octanol–water partition coefficient (Wildman–Crippen LogP) is 1.89. The number of aryl methyl sites for hydroxylation is 1. The fraction of sp³-hybridized carbons (Fsp3) is 0.750. The van der Waals surface area contributed by atoms with Crippen LogP contribution >= 0.6 is 15.9 Å². The average molecular weight is 301 g/mol. The molecular weight excluding hydrogens is 280 g/mol. The minimum absolute atomic E-state index is 0.649. The van der Waals surface area contributed by atoms with E-state index in [9.17, 15) is 0 Å². The van der Waals surface area contributed by atoms with Crippen molar-refractivity contribution in [2.75, 3.05) is 13.1 Å². The molecule has 2 N–H and O–H groups in total. The molecule has 0 aromatic carbocycles. The quantitative estimate of drug-likeness (QED) is 0.924. The van der Waals surface area contributed by atoms with Crippen molar-refractivity contribution in [2.24, 2.45) is 12.8 Å². The summed E-state index contributed by atoms with van der Waals surface area (Å²) in [6, 6.07) is 0.649. The van der Waals surface area contributed by atoms with Gasteiger partial charge in [-0.25, -0.2) is 0 Å². The molecule has 0 bridgehead atoms. The Labute approximate surface area is 111 Å². The van der Waals surface area contributed by atoms with E-state index in [2.05, 4.69) is 25.9 Å². The molecule has 0 aliphatic carbocycles. The third-order valence-corrected chi connectivity index (χ3v) is 4.27. The van der Waals surface area contributed by atoms with E-state index in [1.807, 2.05) is 17.9 Å². The number of halogens is 1. The van der Waals surface area contributed by atoms with Gasteiger partial charge in [0.25, 0.3) is 0 Å². The molecule has 17 heavy (non-hydrogen) atoms. The lowest BCUT2D eigenvalue weighted by Crippen LogP contribution is -2.40. The van der Waals surface area contributed by atoms with Crippen LogP contribution in [0.4, 0.5) is 0 Å². The highest BCUT2D eigenvalue weighted by atomic mass is 79.9. The normalized spacial score (nSPS) is 21.9. The van der Waals surface area contributed by atoms with Gasteiger partial charge in [-0.3, -0.25) is 9.58 Å². The Bertz CT molecular complexity index is 342. The van der Waals surface area contributed by atoms with Gasteiger partial charge in [-0.2, -0.15) is 5.10 Å². The van der Waals surface area contributed by atoms with Gasteiger partial charge in [0.15, 0.2) is 0 Å². The molecular formula is C12H21BrN4. The summed E-state index contributed by atoms with van der Waals surface area (Å²) in [5.74, 6) is 0. The molecule has 1 aliphatic heterocycles. The van der Waals surface area contributed by atoms with Crippen LogP contribution in [0.1, 0.15) is 31.4 Å². The van der Waals surface area contributed by atoms with Crippen LogP contribution in [0.15, 0.2) is 10.7 Å². The first-order valence-electron chi connectivity index (χ1n) is 6.33. The van der Waals surface area contributed by atoms with E-state index >= 15 is 0 Å². The number of hydrogen-bond donors (Lipinski definition) is 1. The highest BCUT2D eigenvalue weighted by molar-refractivity contribution is 9.10. The predicted molar refractivity (Wildman–Crippen MR) is 72.6 cm³/mol. The van der Waals surface area contributed by atoms with E-state index in [0.29, 0.717) is 6.04 Å². The molecule has 2 heterocycles. The van der Waals surface area contributed by atoms with Crippen molar-refractivity contribution in [3.63, 3.8) is 0 Å². The highest BCUT2D eigenvalue weighted by Gasteiger charge is 2.23. The van der Waals surface area contributed by atoms with Crippen LogP contribution in [0.5, 0.6) is 0 Å². The Kier molecular flexibility index (Phi) is 4.59. The molecule has 1 fully saturated rings. The van der Waals surface area contributed by atoms with E-state index in [1.54, 1.807) is 0 Å². The highest BCUT2D eigenvalue weighted by Crippen LogP contribution is 2.24. The van der Waals surface area contributed by atoms with Gasteiger partial charge >= 0.3 is 0 Å². The van der Waals surface area contributed by atoms with Crippen molar-refractivity contribution in [1.82, 2.24) is 14.7 Å². The zero-order valence-electron chi connectivity index (χ0n) is 10.4. The summed E-state index contributed by atoms with van der Waals surface area (Å²) in [6.45, 7) is 2.94. The molecule has 2 rings (SSSR count). The van der Waals surface area contributed by atoms with E-state index in [0.717, 1.165) is 24.0 Å². The van der Waals surface area contributed by atoms with Crippen LogP contribution in [0.3, 0.4) is 0 Å². The summed E-state index contributed by atoms with van der Waals surface area (Å²) in [5.41, 5.74) is 6.96. The van der Waals surface area contributed by atoms with Crippen molar-refractivity contribution in [3.8, 4) is 0 Å². The number of piperidine rings is 1. The van der Waals surface area contributed by atoms with Crippen LogP contribution in [0.2, 0.25) is 0 Å². The van der Waals surface area contributed by atoms with Gasteiger partial charge in [0.05, 0.1) is 16.4 Å². The molecule has 1 aromatic heterocycles. The van der Waals surface area contributed by atoms with Gasteiger partial charge in [0.2, 0.25) is 0 Å². The molecule has 0 radical (unpaired) electrons. The number of rotatable bonds is 4. The van der Waals surface area contributed by atoms with Crippen molar-refractivity contribution < 1.29 is 0 Å². The minimum Gasteiger partial charge on any atom is -0.330 e. The van der Waals surface area contributed by atoms with Gasteiger partial charge in [-0.05, 0) is 48.3 Å². The summed E-state index contributed by atoms with van der Waals surface area (Å²) >= 11 is 3.57. The summed E-state index contributed by atoms with van der Waals surface area (Å²) in [5, 5.41) is 4.27. The lowest BCUT2D eigenvalue weighted by molar-refractivity contribution is 0.130. The van der Waals surface area contributed by atoms with Crippen LogP contribution in [0, 0.1) is 0 Å². The molecule has 1 saturated heterocycles. The summed E-state index contributed by atoms with van der Waals surface area (Å²) in [7, 11) is 2.00. The van der Waals surface area contributed by atoms with Crippen molar-refractivity contribution in [2.45, 2.75) is 38.3 Å². The van der Waals surface area contributed by atoms with Gasteiger partial charge in [0, 0.05) is 19.6 Å². The third-order valence-electron chi connectivity index (χ3n) is 3.61. The second-order valence-electron chi connectivity index (χ2n) is 4.76. The molecule has 1 atom stereocenters. The lowest BCUT2D eigenvalue weighted by atomic mass is 9.99. The Morgan fingerprint density at radius 1 is 1.53 bits per heavy atom. The van der Waals surface area contributed by atoms with Gasteiger partial charge in [-0.15, -0.1) is 0 Å². The van der Waals surface area contributed by atoms with Crippen molar-refractivity contribution in [1.29, 1.82) is 0 Å². The molecule has 0 spiro atoms. The summed E-state index contributed by atoms with van der Waals surface area (Å²) in [6.07, 6.45) is 6.91. The number of nitrogens with two attached hydrogens (primary N) is 1. The molecule has 0 saturated carbocycles. The first kappa shape index (κ1) is 13.1.